The summed E-state index contributed by atoms with van der Waals surface area (Å²) in [6.07, 6.45) is -0.535. The molecule has 0 amide bonds. The monoisotopic (exact) mass is 391 g/mol. The molecule has 0 unspecified atom stereocenters. The molecule has 2 N–H and O–H groups in total. The van der Waals surface area contributed by atoms with Gasteiger partial charge in [0, 0.05) is 6.54 Å². The number of carbonyl (C=O) groups is 1. The lowest BCUT2D eigenvalue weighted by atomic mass is 10.0. The van der Waals surface area contributed by atoms with Crippen LogP contribution in [0, 0.1) is 0 Å². The van der Waals surface area contributed by atoms with E-state index in [1.165, 1.54) is 24.3 Å². The van der Waals surface area contributed by atoms with Crippen LogP contribution in [0.25, 0.3) is 0 Å². The molecule has 0 aliphatic carbocycles. The number of carboxylic acid groups (broad SMARTS) is 1. The summed E-state index contributed by atoms with van der Waals surface area (Å²) < 4.78 is 32.2. The minimum absolute atomic E-state index is 0.0325. The first-order valence-corrected chi connectivity index (χ1v) is 10.0. The summed E-state index contributed by atoms with van der Waals surface area (Å²) in [6.45, 7) is 0.123. The SMILES string of the molecule is O=C(O)[C@H]1CC[C@@H](O)CN1S(=O)(=O)c1ccc(OCc2ccccc2)cc1. The van der Waals surface area contributed by atoms with Gasteiger partial charge in [-0.25, -0.2) is 8.42 Å². The Morgan fingerprint density at radius 1 is 1.07 bits per heavy atom. The van der Waals surface area contributed by atoms with Gasteiger partial charge in [-0.2, -0.15) is 4.31 Å². The average molecular weight is 391 g/mol. The van der Waals surface area contributed by atoms with Gasteiger partial charge in [-0.15, -0.1) is 0 Å². The van der Waals surface area contributed by atoms with E-state index in [4.69, 9.17) is 4.74 Å². The molecule has 0 radical (unpaired) electrons. The van der Waals surface area contributed by atoms with Crippen molar-refractivity contribution in [2.45, 2.75) is 36.5 Å². The number of aliphatic hydroxyl groups is 1. The zero-order valence-corrected chi connectivity index (χ0v) is 15.4. The highest BCUT2D eigenvalue weighted by Gasteiger charge is 2.40. The summed E-state index contributed by atoms with van der Waals surface area (Å²) in [5.74, 6) is -0.709. The molecule has 3 rings (SSSR count). The molecule has 0 saturated carbocycles. The number of aliphatic hydroxyl groups excluding tert-OH is 1. The highest BCUT2D eigenvalue weighted by atomic mass is 32.2. The second-order valence-electron chi connectivity index (χ2n) is 6.41. The van der Waals surface area contributed by atoms with Crippen molar-refractivity contribution in [1.29, 1.82) is 0 Å². The maximum Gasteiger partial charge on any atom is 0.322 e. The van der Waals surface area contributed by atoms with E-state index in [1.54, 1.807) is 0 Å². The molecule has 2 aromatic carbocycles. The number of hydrogen-bond acceptors (Lipinski definition) is 5. The minimum atomic E-state index is -4.04. The van der Waals surface area contributed by atoms with E-state index in [1.807, 2.05) is 30.3 Å². The first kappa shape index (κ1) is 19.3. The molecule has 1 aliphatic rings. The summed E-state index contributed by atoms with van der Waals surface area (Å²) in [7, 11) is -4.04. The number of benzene rings is 2. The lowest BCUT2D eigenvalue weighted by molar-refractivity contribution is -0.143. The fraction of sp³-hybridized carbons (Fsp3) is 0.316. The van der Waals surface area contributed by atoms with Crippen LogP contribution in [-0.2, 0) is 21.4 Å². The van der Waals surface area contributed by atoms with Gasteiger partial charge in [0.05, 0.1) is 11.0 Å². The summed E-state index contributed by atoms with van der Waals surface area (Å²) >= 11 is 0. The molecule has 7 nitrogen and oxygen atoms in total. The number of piperidine rings is 1. The summed E-state index contributed by atoms with van der Waals surface area (Å²) in [6, 6.07) is 14.2. The first-order chi connectivity index (χ1) is 12.9. The largest absolute Gasteiger partial charge is 0.489 e. The number of hydrogen-bond donors (Lipinski definition) is 2. The van der Waals surface area contributed by atoms with Crippen molar-refractivity contribution in [2.24, 2.45) is 0 Å². The standard InChI is InChI=1S/C19H21NO6S/c21-15-6-11-18(19(22)23)20(12-15)27(24,25)17-9-7-16(8-10-17)26-13-14-4-2-1-3-5-14/h1-5,7-10,15,18,21H,6,11-13H2,(H,22,23)/t15-,18-/m1/s1. The second kappa shape index (κ2) is 8.08. The van der Waals surface area contributed by atoms with Gasteiger partial charge in [0.1, 0.15) is 18.4 Å². The van der Waals surface area contributed by atoms with Crippen LogP contribution in [0.3, 0.4) is 0 Å². The molecule has 1 saturated heterocycles. The molecule has 8 heteroatoms. The molecular formula is C19H21NO6S. The Morgan fingerprint density at radius 3 is 2.37 bits per heavy atom. The molecule has 1 fully saturated rings. The van der Waals surface area contributed by atoms with Crippen molar-refractivity contribution < 1.29 is 28.2 Å². The topological polar surface area (TPSA) is 104 Å². The van der Waals surface area contributed by atoms with Crippen molar-refractivity contribution in [3.63, 3.8) is 0 Å². The van der Waals surface area contributed by atoms with Gasteiger partial charge >= 0.3 is 5.97 Å². The van der Waals surface area contributed by atoms with E-state index in [0.717, 1.165) is 9.87 Å². The van der Waals surface area contributed by atoms with Gasteiger partial charge < -0.3 is 14.9 Å². The van der Waals surface area contributed by atoms with Gasteiger partial charge in [-0.3, -0.25) is 4.79 Å². The zero-order valence-electron chi connectivity index (χ0n) is 14.6. The second-order valence-corrected chi connectivity index (χ2v) is 8.30. The van der Waals surface area contributed by atoms with E-state index < -0.39 is 28.1 Å². The number of rotatable bonds is 6. The number of β-amino-alcohol motifs (C(OH)–C–C–N with tert-alkyl or cyclic N) is 1. The Hall–Kier alpha value is -2.42. The fourth-order valence-corrected chi connectivity index (χ4v) is 4.67. The van der Waals surface area contributed by atoms with Crippen LogP contribution in [-0.4, -0.2) is 47.6 Å². The number of carboxylic acids is 1. The zero-order chi connectivity index (χ0) is 19.4. The Labute approximate surface area is 157 Å². The van der Waals surface area contributed by atoms with Crippen molar-refractivity contribution >= 4 is 16.0 Å². The Morgan fingerprint density at radius 2 is 1.74 bits per heavy atom. The number of ether oxygens (including phenoxy) is 1. The maximum absolute atomic E-state index is 12.8. The van der Waals surface area contributed by atoms with Crippen molar-refractivity contribution in [3.8, 4) is 5.75 Å². The third kappa shape index (κ3) is 4.47. The van der Waals surface area contributed by atoms with Crippen molar-refractivity contribution in [3.05, 3.63) is 60.2 Å². The highest BCUT2D eigenvalue weighted by molar-refractivity contribution is 7.89. The average Bonchev–Trinajstić information content (AvgIpc) is 2.67. The van der Waals surface area contributed by atoms with Gasteiger partial charge in [0.25, 0.3) is 0 Å². The number of nitrogens with zero attached hydrogens (tertiary/aromatic N) is 1. The van der Waals surface area contributed by atoms with E-state index in [0.29, 0.717) is 12.4 Å². The van der Waals surface area contributed by atoms with Gasteiger partial charge in [0.15, 0.2) is 0 Å². The normalized spacial score (nSPS) is 20.9. The Bertz CT molecular complexity index is 882. The predicted molar refractivity (Wildman–Crippen MR) is 97.8 cm³/mol. The molecule has 2 atom stereocenters. The molecule has 0 bridgehead atoms. The van der Waals surface area contributed by atoms with Crippen molar-refractivity contribution in [1.82, 2.24) is 4.31 Å². The van der Waals surface area contributed by atoms with Crippen molar-refractivity contribution in [2.75, 3.05) is 6.54 Å². The molecule has 27 heavy (non-hydrogen) atoms. The van der Waals surface area contributed by atoms with Crippen LogP contribution in [0.15, 0.2) is 59.5 Å². The van der Waals surface area contributed by atoms with Gasteiger partial charge in [0.2, 0.25) is 10.0 Å². The van der Waals surface area contributed by atoms with E-state index in [-0.39, 0.29) is 24.3 Å². The maximum atomic E-state index is 12.8. The molecule has 0 spiro atoms. The highest BCUT2D eigenvalue weighted by Crippen LogP contribution is 2.27. The Kier molecular flexibility index (Phi) is 5.79. The predicted octanol–water partition coefficient (Wildman–Crippen LogP) is 1.86. The van der Waals surface area contributed by atoms with E-state index >= 15 is 0 Å². The van der Waals surface area contributed by atoms with Crippen LogP contribution < -0.4 is 4.74 Å². The van der Waals surface area contributed by atoms with Gasteiger partial charge in [-0.05, 0) is 42.7 Å². The van der Waals surface area contributed by atoms with Crippen LogP contribution in [0.2, 0.25) is 0 Å². The molecule has 2 aromatic rings. The quantitative estimate of drug-likeness (QED) is 0.779. The summed E-state index contributed by atoms with van der Waals surface area (Å²) in [5.41, 5.74) is 0.987. The van der Waals surface area contributed by atoms with E-state index in [2.05, 4.69) is 0 Å². The molecule has 1 heterocycles. The third-order valence-corrected chi connectivity index (χ3v) is 6.36. The third-order valence-electron chi connectivity index (χ3n) is 4.48. The molecule has 1 aliphatic heterocycles. The molecule has 144 valence electrons. The minimum Gasteiger partial charge on any atom is -0.489 e. The lowest BCUT2D eigenvalue weighted by Gasteiger charge is -2.34. The first-order valence-electron chi connectivity index (χ1n) is 8.57. The molecular weight excluding hydrogens is 370 g/mol. The van der Waals surface area contributed by atoms with Crippen LogP contribution >= 0.6 is 0 Å². The lowest BCUT2D eigenvalue weighted by Crippen LogP contribution is -2.51. The summed E-state index contributed by atoms with van der Waals surface area (Å²) in [4.78, 5) is 11.4. The molecule has 0 aromatic heterocycles. The smallest absolute Gasteiger partial charge is 0.322 e. The van der Waals surface area contributed by atoms with Crippen LogP contribution in [0.4, 0.5) is 0 Å². The Balaban J connectivity index is 1.75. The fourth-order valence-electron chi connectivity index (χ4n) is 3.02. The number of aliphatic carboxylic acids is 1. The summed E-state index contributed by atoms with van der Waals surface area (Å²) in [5, 5.41) is 19.1. The van der Waals surface area contributed by atoms with E-state index in [9.17, 15) is 23.4 Å². The van der Waals surface area contributed by atoms with Crippen LogP contribution in [0.5, 0.6) is 5.75 Å². The number of sulfonamides is 1. The van der Waals surface area contributed by atoms with Gasteiger partial charge in [-0.1, -0.05) is 30.3 Å². The van der Waals surface area contributed by atoms with Crippen LogP contribution in [0.1, 0.15) is 18.4 Å².